The van der Waals surface area contributed by atoms with Crippen LogP contribution in [-0.4, -0.2) is 95.0 Å². The van der Waals surface area contributed by atoms with Crippen LogP contribution >= 0.6 is 27.9 Å². The van der Waals surface area contributed by atoms with Gasteiger partial charge in [-0.05, 0) is 25.1 Å². The van der Waals surface area contributed by atoms with Gasteiger partial charge in [-0.25, -0.2) is 9.13 Å². The van der Waals surface area contributed by atoms with Crippen LogP contribution in [0.25, 0.3) is 0 Å². The minimum absolute atomic E-state index is 0.000000000000000222. The third kappa shape index (κ3) is 25.8. The van der Waals surface area contributed by atoms with Crippen LogP contribution in [0.4, 0.5) is 0 Å². The third-order valence-electron chi connectivity index (χ3n) is 3.73. The molecule has 14 N–H and O–H groups in total. The first kappa shape index (κ1) is 38.0. The molecule has 0 aromatic carbocycles. The van der Waals surface area contributed by atoms with Gasteiger partial charge in [-0.2, -0.15) is 4.31 Å². The van der Waals surface area contributed by atoms with Gasteiger partial charge in [0.2, 0.25) is 0 Å². The van der Waals surface area contributed by atoms with Crippen molar-refractivity contribution in [2.75, 3.05) is 39.6 Å². The summed E-state index contributed by atoms with van der Waals surface area (Å²) in [5, 5.41) is 51.9. The number of rotatable bonds is 10. The molecule has 0 radical (unpaired) electrons. The first-order valence-electron chi connectivity index (χ1n) is 8.45. The fraction of sp³-hybridized carbons (Fsp3) is 0.923. The van der Waals surface area contributed by atoms with E-state index in [0.717, 1.165) is 0 Å². The van der Waals surface area contributed by atoms with E-state index < -0.39 is 26.5 Å². The normalized spacial score (nSPS) is 11.7. The molecule has 0 saturated carbocycles. The van der Waals surface area contributed by atoms with Crippen molar-refractivity contribution in [2.24, 2.45) is 22.3 Å². The Balaban J connectivity index is -0.000000162. The zero-order valence-corrected chi connectivity index (χ0v) is 19.9. The van der Waals surface area contributed by atoms with Gasteiger partial charge in [0.25, 0.3) is 0 Å². The Bertz CT molecular complexity index is 456. The average molecular weight is 522 g/mol. The quantitative estimate of drug-likeness (QED) is 0.101. The molecule has 0 bridgehead atoms. The van der Waals surface area contributed by atoms with Gasteiger partial charge in [-0.15, -0.1) is 0 Å². The van der Waals surface area contributed by atoms with Gasteiger partial charge in [-0.1, -0.05) is 13.8 Å². The van der Waals surface area contributed by atoms with Gasteiger partial charge < -0.3 is 61.7 Å². The van der Waals surface area contributed by atoms with Crippen LogP contribution < -0.4 is 11.5 Å². The summed E-state index contributed by atoms with van der Waals surface area (Å²) in [6.45, 7) is 2.71. The zero-order chi connectivity index (χ0) is 25.9. The number of phosphoric acid groups is 2. The summed E-state index contributed by atoms with van der Waals surface area (Å²) in [4.78, 5) is 31.0. The van der Waals surface area contributed by atoms with E-state index in [1.807, 2.05) is 13.8 Å². The number of nitrogens with two attached hydrogens (primary N) is 2. The van der Waals surface area contributed by atoms with Crippen molar-refractivity contribution in [2.45, 2.75) is 26.7 Å². The molecular formula is C13H36N2O13P2S. The van der Waals surface area contributed by atoms with Gasteiger partial charge >= 0.3 is 15.6 Å². The van der Waals surface area contributed by atoms with Crippen LogP contribution in [0.15, 0.2) is 0 Å². The highest BCUT2D eigenvalue weighted by Gasteiger charge is 2.28. The summed E-state index contributed by atoms with van der Waals surface area (Å²) in [6, 6.07) is 0. The molecule has 0 aliphatic heterocycles. The van der Waals surface area contributed by atoms with E-state index in [-0.39, 0.29) is 44.8 Å². The standard InChI is InChI=1S/2C6H14O3.CH4N2S.H4O7P2/c2*1-2-6(3-7,4-8)5-9;2-1(3)4;1-8(2,3)7-9(4,5)6/h2*7-9H,2-5H2,1H3;(H4,2,3,4);(H2,1,2,3)(H2,4,5,6). The molecule has 31 heavy (non-hydrogen) atoms. The maximum absolute atomic E-state index is 9.63. The predicted molar refractivity (Wildman–Crippen MR) is 114 cm³/mol. The Morgan fingerprint density at radius 1 is 0.710 bits per heavy atom. The molecule has 0 aliphatic rings. The molecule has 0 amide bonds. The van der Waals surface area contributed by atoms with E-state index in [4.69, 9.17) is 50.2 Å². The second-order valence-corrected chi connectivity index (χ2v) is 9.21. The lowest BCUT2D eigenvalue weighted by molar-refractivity contribution is 0.00275. The number of aliphatic hydroxyl groups excluding tert-OH is 6. The van der Waals surface area contributed by atoms with Crippen molar-refractivity contribution >= 4 is 33.0 Å². The van der Waals surface area contributed by atoms with Gasteiger partial charge in [-0.3, -0.25) is 0 Å². The van der Waals surface area contributed by atoms with E-state index in [9.17, 15) is 9.13 Å². The Hall–Kier alpha value is -0.290. The Kier molecular flexibility index (Phi) is 23.5. The van der Waals surface area contributed by atoms with E-state index in [1.165, 1.54) is 0 Å². The molecule has 0 aromatic heterocycles. The summed E-state index contributed by atoms with van der Waals surface area (Å²) in [6.07, 6.45) is 1.19. The van der Waals surface area contributed by atoms with Gasteiger partial charge in [0.15, 0.2) is 5.11 Å². The van der Waals surface area contributed by atoms with Crippen LogP contribution in [0.1, 0.15) is 26.7 Å². The lowest BCUT2D eigenvalue weighted by atomic mass is 9.88. The van der Waals surface area contributed by atoms with E-state index >= 15 is 0 Å². The Labute approximate surface area is 185 Å². The summed E-state index contributed by atoms with van der Waals surface area (Å²) >= 11 is 4.09. The van der Waals surface area contributed by atoms with Crippen LogP contribution in [0.2, 0.25) is 0 Å². The number of hydrogen-bond acceptors (Lipinski definition) is 10. The van der Waals surface area contributed by atoms with Gasteiger partial charge in [0, 0.05) is 10.8 Å². The van der Waals surface area contributed by atoms with E-state index in [2.05, 4.69) is 28.0 Å². The number of thiocarbonyl (C=S) groups is 1. The van der Waals surface area contributed by atoms with Crippen molar-refractivity contribution < 1.29 is 63.7 Å². The molecule has 192 valence electrons. The second-order valence-electron chi connectivity index (χ2n) is 6.12. The van der Waals surface area contributed by atoms with Crippen LogP contribution in [-0.2, 0) is 13.4 Å². The molecule has 18 heteroatoms. The maximum Gasteiger partial charge on any atom is 0.478 e. The molecule has 0 aliphatic carbocycles. The smallest absolute Gasteiger partial charge is 0.396 e. The van der Waals surface area contributed by atoms with Gasteiger partial charge in [0.05, 0.1) is 39.6 Å². The summed E-state index contributed by atoms with van der Waals surface area (Å²) in [5.74, 6) is 0. The number of aliphatic hydroxyl groups is 6. The lowest BCUT2D eigenvalue weighted by Crippen LogP contribution is -2.32. The van der Waals surface area contributed by atoms with Crippen molar-refractivity contribution in [1.82, 2.24) is 0 Å². The average Bonchev–Trinajstić information content (AvgIpc) is 2.64. The molecule has 0 saturated heterocycles. The van der Waals surface area contributed by atoms with Crippen molar-refractivity contribution in [3.05, 3.63) is 0 Å². The molecule has 0 heterocycles. The SMILES string of the molecule is CCC(CO)(CO)CO.CCC(CO)(CO)CO.NC(N)=S.O=P(O)(O)OP(=O)(O)O. The highest BCUT2D eigenvalue weighted by molar-refractivity contribution is 7.80. The van der Waals surface area contributed by atoms with Crippen LogP contribution in [0.5, 0.6) is 0 Å². The van der Waals surface area contributed by atoms with Crippen molar-refractivity contribution in [1.29, 1.82) is 0 Å². The van der Waals surface area contributed by atoms with Crippen LogP contribution in [0, 0.1) is 10.8 Å². The molecule has 15 nitrogen and oxygen atoms in total. The fourth-order valence-electron chi connectivity index (χ4n) is 1.11. The molecule has 0 spiro atoms. The second kappa shape index (κ2) is 19.2. The Morgan fingerprint density at radius 3 is 0.871 bits per heavy atom. The monoisotopic (exact) mass is 522 g/mol. The topological polar surface area (TPSA) is 298 Å². The Morgan fingerprint density at radius 2 is 0.871 bits per heavy atom. The lowest BCUT2D eigenvalue weighted by Gasteiger charge is -2.24. The van der Waals surface area contributed by atoms with Gasteiger partial charge in [0.1, 0.15) is 0 Å². The van der Waals surface area contributed by atoms with E-state index in [1.54, 1.807) is 0 Å². The fourth-order valence-corrected chi connectivity index (χ4v) is 2.22. The van der Waals surface area contributed by atoms with Crippen molar-refractivity contribution in [3.8, 4) is 0 Å². The zero-order valence-electron chi connectivity index (χ0n) is 17.3. The molecule has 0 fully saturated rings. The largest absolute Gasteiger partial charge is 0.478 e. The maximum atomic E-state index is 9.63. The van der Waals surface area contributed by atoms with Crippen molar-refractivity contribution in [3.63, 3.8) is 0 Å². The van der Waals surface area contributed by atoms with E-state index in [0.29, 0.717) is 12.8 Å². The number of hydrogen-bond donors (Lipinski definition) is 12. The first-order valence-corrected chi connectivity index (χ1v) is 11.9. The summed E-state index contributed by atoms with van der Waals surface area (Å²) in [5.41, 5.74) is 7.91. The first-order chi connectivity index (χ1) is 13.9. The van der Waals surface area contributed by atoms with Crippen LogP contribution in [0.3, 0.4) is 0 Å². The molecule has 0 unspecified atom stereocenters. The molecule has 0 aromatic rings. The highest BCUT2D eigenvalue weighted by atomic mass is 32.1. The molecule has 0 atom stereocenters. The molecular weight excluding hydrogens is 486 g/mol. The minimum Gasteiger partial charge on any atom is -0.396 e. The summed E-state index contributed by atoms with van der Waals surface area (Å²) < 4.78 is 22.2. The predicted octanol–water partition coefficient (Wildman–Crippen LogP) is -2.90. The highest BCUT2D eigenvalue weighted by Crippen LogP contribution is 2.53. The summed E-state index contributed by atoms with van der Waals surface area (Å²) in [7, 11) is -10.1. The molecule has 0 rings (SSSR count). The minimum atomic E-state index is -5.05. The third-order valence-corrected chi connectivity index (χ3v) is 5.43.